The van der Waals surface area contributed by atoms with E-state index in [-0.39, 0.29) is 0 Å². The van der Waals surface area contributed by atoms with Gasteiger partial charge in [-0.3, -0.25) is 0 Å². The number of nitrogens with two attached hydrogens (primary N) is 1. The fourth-order valence-electron chi connectivity index (χ4n) is 2.61. The lowest BCUT2D eigenvalue weighted by Gasteiger charge is -2.25. The normalized spacial score (nSPS) is 27.0. The van der Waals surface area contributed by atoms with Crippen molar-refractivity contribution in [2.75, 3.05) is 19.0 Å². The predicted octanol–water partition coefficient (Wildman–Crippen LogP) is 2.42. The first kappa shape index (κ1) is 11.7. The second-order valence-corrected chi connectivity index (χ2v) is 6.19. The van der Waals surface area contributed by atoms with Gasteiger partial charge in [0.15, 0.2) is 0 Å². The first-order chi connectivity index (χ1) is 7.36. The minimum atomic E-state index is 0.445. The Morgan fingerprint density at radius 1 is 1.13 bits per heavy atom. The highest BCUT2D eigenvalue weighted by molar-refractivity contribution is 7.99. The van der Waals surface area contributed by atoms with Crippen LogP contribution in [-0.4, -0.2) is 30.3 Å². The van der Waals surface area contributed by atoms with Crippen LogP contribution in [0.15, 0.2) is 0 Å². The second-order valence-electron chi connectivity index (χ2n) is 4.85. The Kier molecular flexibility index (Phi) is 4.79. The Morgan fingerprint density at radius 2 is 1.80 bits per heavy atom. The highest BCUT2D eigenvalue weighted by Crippen LogP contribution is 2.30. The van der Waals surface area contributed by atoms with Gasteiger partial charge in [0, 0.05) is 30.3 Å². The molecule has 0 spiro atoms. The van der Waals surface area contributed by atoms with Crippen molar-refractivity contribution < 1.29 is 4.74 Å². The molecule has 0 aromatic rings. The van der Waals surface area contributed by atoms with E-state index in [0.29, 0.717) is 6.04 Å². The van der Waals surface area contributed by atoms with Crippen LogP contribution in [0, 0.1) is 5.92 Å². The van der Waals surface area contributed by atoms with Gasteiger partial charge in [0.1, 0.15) is 0 Å². The standard InChI is InChI=1S/C12H23NOS/c13-12(10-3-1-2-4-10)9-15-11-5-7-14-8-6-11/h10-12H,1-9,13H2. The van der Waals surface area contributed by atoms with Gasteiger partial charge in [0.05, 0.1) is 0 Å². The first-order valence-corrected chi connectivity index (χ1v) is 7.36. The fraction of sp³-hybridized carbons (Fsp3) is 1.00. The minimum absolute atomic E-state index is 0.445. The molecule has 0 aromatic heterocycles. The van der Waals surface area contributed by atoms with Crippen LogP contribution in [-0.2, 0) is 4.74 Å². The molecule has 3 heteroatoms. The van der Waals surface area contributed by atoms with Gasteiger partial charge in [0.2, 0.25) is 0 Å². The first-order valence-electron chi connectivity index (χ1n) is 6.31. The zero-order chi connectivity index (χ0) is 10.5. The Bertz CT molecular complexity index is 176. The number of hydrogen-bond acceptors (Lipinski definition) is 3. The summed E-state index contributed by atoms with van der Waals surface area (Å²) in [6.07, 6.45) is 8.00. The zero-order valence-corrected chi connectivity index (χ0v) is 10.3. The zero-order valence-electron chi connectivity index (χ0n) is 9.49. The van der Waals surface area contributed by atoms with Crippen LogP contribution < -0.4 is 5.73 Å². The summed E-state index contributed by atoms with van der Waals surface area (Å²) in [5, 5.41) is 0.811. The fourth-order valence-corrected chi connectivity index (χ4v) is 3.90. The summed E-state index contributed by atoms with van der Waals surface area (Å²) in [6.45, 7) is 1.91. The van der Waals surface area contributed by atoms with Crippen molar-refractivity contribution in [3.05, 3.63) is 0 Å². The SMILES string of the molecule is NC(CSC1CCOCC1)C1CCCC1. The van der Waals surface area contributed by atoms with Crippen LogP contribution in [0.1, 0.15) is 38.5 Å². The smallest absolute Gasteiger partial charge is 0.0476 e. The molecule has 0 amide bonds. The third-order valence-electron chi connectivity index (χ3n) is 3.70. The molecule has 0 bridgehead atoms. The van der Waals surface area contributed by atoms with E-state index in [9.17, 15) is 0 Å². The van der Waals surface area contributed by atoms with Crippen molar-refractivity contribution in [1.29, 1.82) is 0 Å². The van der Waals surface area contributed by atoms with E-state index < -0.39 is 0 Å². The van der Waals surface area contributed by atoms with Gasteiger partial charge in [0.25, 0.3) is 0 Å². The molecule has 1 unspecified atom stereocenters. The third kappa shape index (κ3) is 3.65. The van der Waals surface area contributed by atoms with E-state index >= 15 is 0 Å². The highest BCUT2D eigenvalue weighted by atomic mass is 32.2. The molecule has 1 saturated heterocycles. The molecule has 88 valence electrons. The lowest BCUT2D eigenvalue weighted by molar-refractivity contribution is 0.1000. The van der Waals surface area contributed by atoms with E-state index in [2.05, 4.69) is 11.8 Å². The lowest BCUT2D eigenvalue weighted by Crippen LogP contribution is -2.32. The van der Waals surface area contributed by atoms with Gasteiger partial charge in [-0.25, -0.2) is 0 Å². The summed E-state index contributed by atoms with van der Waals surface area (Å²) >= 11 is 2.09. The van der Waals surface area contributed by atoms with Gasteiger partial charge >= 0.3 is 0 Å². The summed E-state index contributed by atoms with van der Waals surface area (Å²) in [4.78, 5) is 0. The van der Waals surface area contributed by atoms with Crippen molar-refractivity contribution >= 4 is 11.8 Å². The quantitative estimate of drug-likeness (QED) is 0.804. The second kappa shape index (κ2) is 6.12. The third-order valence-corrected chi connectivity index (χ3v) is 5.22. The number of thioether (sulfide) groups is 1. The van der Waals surface area contributed by atoms with Gasteiger partial charge in [-0.15, -0.1) is 0 Å². The van der Waals surface area contributed by atoms with E-state index in [1.54, 1.807) is 0 Å². The Labute approximate surface area is 97.3 Å². The maximum atomic E-state index is 6.24. The molecule has 1 atom stereocenters. The summed E-state index contributed by atoms with van der Waals surface area (Å²) in [7, 11) is 0. The Balaban J connectivity index is 1.63. The maximum absolute atomic E-state index is 6.24. The predicted molar refractivity (Wildman–Crippen MR) is 66.2 cm³/mol. The lowest BCUT2D eigenvalue weighted by atomic mass is 10.0. The summed E-state index contributed by atoms with van der Waals surface area (Å²) in [6, 6.07) is 0.445. The van der Waals surface area contributed by atoms with Crippen molar-refractivity contribution in [3.63, 3.8) is 0 Å². The minimum Gasteiger partial charge on any atom is -0.381 e. The molecule has 1 aliphatic carbocycles. The van der Waals surface area contributed by atoms with Crippen molar-refractivity contribution in [2.45, 2.75) is 49.8 Å². The van der Waals surface area contributed by atoms with Crippen LogP contribution in [0.4, 0.5) is 0 Å². The molecule has 2 fully saturated rings. The number of hydrogen-bond donors (Lipinski definition) is 1. The van der Waals surface area contributed by atoms with Gasteiger partial charge in [-0.05, 0) is 31.6 Å². The molecular weight excluding hydrogens is 206 g/mol. The molecule has 2 rings (SSSR count). The summed E-state index contributed by atoms with van der Waals surface area (Å²) < 4.78 is 5.36. The molecule has 1 saturated carbocycles. The van der Waals surface area contributed by atoms with Crippen LogP contribution in [0.2, 0.25) is 0 Å². The molecule has 0 aromatic carbocycles. The van der Waals surface area contributed by atoms with Gasteiger partial charge in [-0.2, -0.15) is 11.8 Å². The molecule has 1 aliphatic heterocycles. The van der Waals surface area contributed by atoms with Gasteiger partial charge in [-0.1, -0.05) is 12.8 Å². The molecule has 2 aliphatic rings. The van der Waals surface area contributed by atoms with E-state index in [1.165, 1.54) is 38.5 Å². The van der Waals surface area contributed by atoms with Crippen molar-refractivity contribution in [1.82, 2.24) is 0 Å². The molecule has 1 heterocycles. The highest BCUT2D eigenvalue weighted by Gasteiger charge is 2.23. The van der Waals surface area contributed by atoms with Crippen LogP contribution in [0.25, 0.3) is 0 Å². The molecule has 2 N–H and O–H groups in total. The van der Waals surface area contributed by atoms with Crippen LogP contribution in [0.5, 0.6) is 0 Å². The summed E-state index contributed by atoms with van der Waals surface area (Å²) in [5.74, 6) is 1.98. The van der Waals surface area contributed by atoms with E-state index in [4.69, 9.17) is 10.5 Å². The van der Waals surface area contributed by atoms with E-state index in [0.717, 1.165) is 30.1 Å². The molecular formula is C12H23NOS. The topological polar surface area (TPSA) is 35.2 Å². The maximum Gasteiger partial charge on any atom is 0.0476 e. The number of rotatable bonds is 4. The average molecular weight is 229 g/mol. The number of ether oxygens (including phenoxy) is 1. The van der Waals surface area contributed by atoms with Crippen molar-refractivity contribution in [3.8, 4) is 0 Å². The Morgan fingerprint density at radius 3 is 2.47 bits per heavy atom. The monoisotopic (exact) mass is 229 g/mol. The van der Waals surface area contributed by atoms with Crippen LogP contribution in [0.3, 0.4) is 0 Å². The van der Waals surface area contributed by atoms with E-state index in [1.807, 2.05) is 0 Å². The largest absolute Gasteiger partial charge is 0.381 e. The van der Waals surface area contributed by atoms with Crippen molar-refractivity contribution in [2.24, 2.45) is 11.7 Å². The summed E-state index contributed by atoms with van der Waals surface area (Å²) in [5.41, 5.74) is 6.24. The average Bonchev–Trinajstić information content (AvgIpc) is 2.81. The molecule has 0 radical (unpaired) electrons. The van der Waals surface area contributed by atoms with Crippen LogP contribution >= 0.6 is 11.8 Å². The van der Waals surface area contributed by atoms with Gasteiger partial charge < -0.3 is 10.5 Å². The molecule has 15 heavy (non-hydrogen) atoms. The Hall–Kier alpha value is 0.270. The molecule has 2 nitrogen and oxygen atoms in total.